The smallest absolute Gasteiger partial charge is 0.323 e. The minimum Gasteiger partial charge on any atom is -0.493 e. The van der Waals surface area contributed by atoms with Crippen LogP contribution in [0.2, 0.25) is 0 Å². The number of hydrogen-bond acceptors (Lipinski definition) is 24. The van der Waals surface area contributed by atoms with Gasteiger partial charge in [-0.15, -0.1) is 0 Å². The summed E-state index contributed by atoms with van der Waals surface area (Å²) in [5.41, 5.74) is 22.0. The molecule has 8 aliphatic heterocycles. The van der Waals surface area contributed by atoms with Gasteiger partial charge in [0.25, 0.3) is 0 Å². The molecule has 0 spiro atoms. The number of carbonyl (C=O) groups excluding carboxylic acids is 4. The minimum atomic E-state index is -3.44. The fourth-order valence-corrected chi connectivity index (χ4v) is 13.6. The van der Waals surface area contributed by atoms with Gasteiger partial charge >= 0.3 is 23.9 Å². The number of benzene rings is 4. The molecule has 4 aromatic rings. The van der Waals surface area contributed by atoms with Crippen molar-refractivity contribution in [1.29, 1.82) is 0 Å². The van der Waals surface area contributed by atoms with E-state index in [1.54, 1.807) is 111 Å². The molecule has 0 radical (unpaired) electrons. The third-order valence-electron chi connectivity index (χ3n) is 20.4. The Morgan fingerprint density at radius 3 is 0.800 bits per heavy atom. The molecule has 0 aromatic heterocycles. The zero-order valence-corrected chi connectivity index (χ0v) is 73.2. The molecular weight excluding hydrogens is 1520 g/mol. The number of rotatable bonds is 28. The maximum absolute atomic E-state index is 13.2. The number of fused-ring (bicyclic) bond motifs is 12. The number of nitrogens with zero attached hydrogens (tertiary/aromatic N) is 4. The van der Waals surface area contributed by atoms with Crippen molar-refractivity contribution in [2.24, 2.45) is 93.9 Å². The maximum atomic E-state index is 13.2. The van der Waals surface area contributed by atoms with Crippen molar-refractivity contribution in [3.63, 3.8) is 0 Å². The molecule has 4 aromatic carbocycles. The fraction of sp³-hybridized carbons (Fsp3) is 0.708. The molecule has 672 valence electrons. The van der Waals surface area contributed by atoms with E-state index >= 15 is 0 Å². The number of ether oxygens (including phenoxy) is 12. The van der Waals surface area contributed by atoms with Crippen LogP contribution in [0.1, 0.15) is 285 Å². The van der Waals surface area contributed by atoms with Gasteiger partial charge in [0.1, 0.15) is 48.5 Å². The Kier molecular flexibility index (Phi) is 20.0. The Bertz CT molecular complexity index is 6120. The number of esters is 4. The summed E-state index contributed by atoms with van der Waals surface area (Å²) in [6, 6.07) is -20.5. The summed E-state index contributed by atoms with van der Waals surface area (Å²) in [4.78, 5) is 55.7. The summed E-state index contributed by atoms with van der Waals surface area (Å²) < 4.78 is 421. The van der Waals surface area contributed by atoms with E-state index in [1.165, 1.54) is 28.4 Å². The molecule has 16 atom stereocenters. The van der Waals surface area contributed by atoms with Crippen molar-refractivity contribution >= 4 is 23.9 Å². The quantitative estimate of drug-likeness (QED) is 0.0303. The molecule has 12 unspecified atom stereocenters. The van der Waals surface area contributed by atoms with Crippen molar-refractivity contribution in [1.82, 2.24) is 19.6 Å². The normalized spacial score (nSPS) is 39.5. The van der Waals surface area contributed by atoms with Crippen LogP contribution in [0, 0.1) is 70.9 Å². The van der Waals surface area contributed by atoms with Gasteiger partial charge in [-0.05, 0) is 192 Å². The van der Waals surface area contributed by atoms with Gasteiger partial charge in [0.2, 0.25) is 0 Å². The maximum Gasteiger partial charge on any atom is 0.323 e. The molecule has 4 fully saturated rings. The molecule has 0 amide bonds. The molecule has 8 heterocycles. The lowest BCUT2D eigenvalue weighted by atomic mass is 9.79. The molecule has 0 bridgehead atoms. The lowest BCUT2D eigenvalue weighted by molar-refractivity contribution is -0.161. The average molecular weight is 1710 g/mol. The van der Waals surface area contributed by atoms with Gasteiger partial charge in [-0.25, -0.2) is 0 Å². The van der Waals surface area contributed by atoms with E-state index in [0.717, 1.165) is 33.8 Å². The zero-order valence-electron chi connectivity index (χ0n) is 113. The molecule has 24 nitrogen and oxygen atoms in total. The van der Waals surface area contributed by atoms with Gasteiger partial charge in [-0.3, -0.25) is 38.8 Å². The Morgan fingerprint density at radius 2 is 0.567 bits per heavy atom. The molecule has 8 aliphatic rings. The van der Waals surface area contributed by atoms with Gasteiger partial charge in [-0.2, -0.15) is 0 Å². The third kappa shape index (κ3) is 23.8. The number of piperidine rings is 4. The first-order valence-corrected chi connectivity index (χ1v) is 40.7. The highest BCUT2D eigenvalue weighted by Gasteiger charge is 2.47. The van der Waals surface area contributed by atoms with Crippen molar-refractivity contribution in [2.45, 2.75) is 260 Å². The summed E-state index contributed by atoms with van der Waals surface area (Å²) in [6.45, 7) is 13.8. The van der Waals surface area contributed by atoms with Crippen LogP contribution in [-0.2, 0) is 63.8 Å². The summed E-state index contributed by atoms with van der Waals surface area (Å²) in [5, 5.41) is 0. The highest BCUT2D eigenvalue weighted by atomic mass is 16.6. The molecule has 8 N–H and O–H groups in total. The lowest BCUT2D eigenvalue weighted by Crippen LogP contribution is -2.51. The fourth-order valence-electron chi connectivity index (χ4n) is 13.6. The monoisotopic (exact) mass is 1710 g/mol. The first kappa shape index (κ1) is 54.6. The standard InChI is InChI=1S/4C24H38N2O4/c4*1-14(2)9-17-13-26-8-7-16-10-21(28-5)22(29-6)11-18(16)19(26)12-20(17)30-24(27)23(25)15(3)4/h4*10-11,14-15,17,19-20,23H,7-9,12-13,25H2,1-6H3/t4*17?,19?,20?,23-/m0000/s1/i5D3,10D,11D,12D2,13D2,17D,19D,20D;10D,11D,12D2,13D2,17D,19D,20D;5D3,10D,11D,12D2,13D2,17D,19D;10D,11D,12D2,13D2,17D,19D. The molecule has 24 heteroatoms. The van der Waals surface area contributed by atoms with Crippen LogP contribution < -0.4 is 60.8 Å². The van der Waals surface area contributed by atoms with E-state index in [-0.39, 0.29) is 139 Å². The first-order chi connectivity index (χ1) is 72.4. The minimum absolute atomic E-state index is 0.0110. The molecule has 0 saturated carbocycles. The van der Waals surface area contributed by atoms with Gasteiger partial charge in [-0.1, -0.05) is 111 Å². The van der Waals surface area contributed by atoms with Crippen molar-refractivity contribution in [3.05, 3.63) is 92.8 Å². The average Bonchev–Trinajstić information content (AvgIpc) is 0.650. The third-order valence-corrected chi connectivity index (χ3v) is 20.4. The Labute approximate surface area is 774 Å². The molecule has 4 saturated heterocycles. The van der Waals surface area contributed by atoms with Crippen LogP contribution in [0.3, 0.4) is 0 Å². The van der Waals surface area contributed by atoms with E-state index in [2.05, 4.69) is 0 Å². The largest absolute Gasteiger partial charge is 0.493 e. The van der Waals surface area contributed by atoms with E-state index in [4.69, 9.17) is 110 Å². The van der Waals surface area contributed by atoms with E-state index in [9.17, 15) is 43.9 Å². The lowest BCUT2D eigenvalue weighted by Gasteiger charge is -2.47. The van der Waals surface area contributed by atoms with Gasteiger partial charge < -0.3 is 79.8 Å². The van der Waals surface area contributed by atoms with Crippen LogP contribution >= 0.6 is 0 Å². The van der Waals surface area contributed by atoms with E-state index in [1.807, 2.05) is 0 Å². The summed E-state index contributed by atoms with van der Waals surface area (Å²) in [6.07, 6.45) is -25.4. The summed E-state index contributed by atoms with van der Waals surface area (Å²) in [5.74, 6) is -21.2. The predicted octanol–water partition coefficient (Wildman–Crippen LogP) is 14.3. The highest BCUT2D eigenvalue weighted by molar-refractivity contribution is 5.77. The van der Waals surface area contributed by atoms with Gasteiger partial charge in [0.05, 0.1) is 84.1 Å². The second-order valence-corrected chi connectivity index (χ2v) is 33.1. The topological polar surface area (TPSA) is 296 Å². The predicted molar refractivity (Wildman–Crippen MR) is 471 cm³/mol. The number of hydrogen-bond donors (Lipinski definition) is 4. The number of nitrogens with two attached hydrogens (primary N) is 4. The van der Waals surface area contributed by atoms with Crippen LogP contribution in [0.15, 0.2) is 48.3 Å². The Balaban J connectivity index is 0.000000235. The van der Waals surface area contributed by atoms with Crippen LogP contribution in [0.5, 0.6) is 46.0 Å². The summed E-state index contributed by atoms with van der Waals surface area (Å²) in [7, 11) is 1.12. The van der Waals surface area contributed by atoms with Gasteiger partial charge in [0.15, 0.2) is 46.0 Å². The van der Waals surface area contributed by atoms with E-state index < -0.39 is 311 Å². The van der Waals surface area contributed by atoms with Crippen molar-refractivity contribution in [2.75, 3.05) is 109 Å². The zero-order chi connectivity index (χ0) is 124. The van der Waals surface area contributed by atoms with Crippen molar-refractivity contribution in [3.8, 4) is 46.0 Å². The van der Waals surface area contributed by atoms with E-state index in [0.29, 0.717) is 0 Å². The molecule has 12 rings (SSSR count). The molecule has 0 aliphatic carbocycles. The number of methoxy groups -OCH3 is 8. The Morgan fingerprint density at radius 1 is 0.350 bits per heavy atom. The number of carbonyl (C=O) groups is 4. The first-order valence-electron chi connectivity index (χ1n) is 60.7. The highest BCUT2D eigenvalue weighted by Crippen LogP contribution is 2.50. The SMILES string of the molecule is [2H]c1c2c(c([2H])c(OC)c1OC([2H])([2H])[2H])C1([2H])N(CC2)C([2H])([2H])C([2H])(CC(C)C)C(OC(=O)[C@@H](N)C(C)C)C1([2H])[2H].[2H]c1c2c(c([2H])c(OC)c1OC([2H])([2H])[2H])C1([2H])N(CC2)C([2H])([2H])C([2H])(CC(C)C)C([2H])(OC(=O)[C@@H](N)C(C)C)C1([2H])[2H].[2H]c1c2c(c([2H])c(OC)c1OC)C1([2H])N(CC2)C([2H])([2H])C([2H])(CC(C)C)C(OC(=O)[C@@H](N)C(C)C)C1([2H])[2H].[2H]c1c2c(c([2H])c(OC)c1OC)C1([2H])N(CC2)C([2H])([2H])C([2H])(CC(C)C)C([2H])(OC(=O)[C@@H](N)C(C)C)C1([2H])[2H]. The Hall–Kier alpha value is -7.16. The summed E-state index contributed by atoms with van der Waals surface area (Å²) >= 11 is 0. The van der Waals surface area contributed by atoms with Crippen LogP contribution in [0.25, 0.3) is 0 Å². The second kappa shape index (κ2) is 43.9. The molecular formula is C96H152N8O16. The van der Waals surface area contributed by atoms with Crippen LogP contribution in [-0.4, -0.2) is 201 Å². The van der Waals surface area contributed by atoms with Gasteiger partial charge in [0, 0.05) is 153 Å². The van der Waals surface area contributed by atoms with Crippen molar-refractivity contribution < 1.29 is 131 Å². The second-order valence-electron chi connectivity index (χ2n) is 33.1. The van der Waals surface area contributed by atoms with Crippen LogP contribution in [0.4, 0.5) is 0 Å². The molecule has 120 heavy (non-hydrogen) atoms.